The average molecular weight is 208 g/mol. The lowest BCUT2D eigenvalue weighted by molar-refractivity contribution is 0.0911. The Balaban J connectivity index is 1.94. The number of nitrogens with one attached hydrogen (secondary N) is 2. The molecule has 4 heteroatoms. The van der Waals surface area contributed by atoms with E-state index in [0.29, 0.717) is 5.69 Å². The van der Waals surface area contributed by atoms with Gasteiger partial charge in [0.05, 0.1) is 0 Å². The first-order chi connectivity index (χ1) is 7.31. The lowest BCUT2D eigenvalue weighted by Gasteiger charge is -2.18. The third kappa shape index (κ3) is 2.21. The van der Waals surface area contributed by atoms with Crippen molar-refractivity contribution in [3.63, 3.8) is 0 Å². The molecule has 1 fully saturated rings. The molecule has 1 aliphatic carbocycles. The highest BCUT2D eigenvalue weighted by atomic mass is 16.3. The molecule has 2 rings (SSSR count). The molecule has 1 aliphatic rings. The van der Waals surface area contributed by atoms with Gasteiger partial charge in [0.1, 0.15) is 5.69 Å². The molecule has 2 unspecified atom stereocenters. The van der Waals surface area contributed by atoms with Crippen LogP contribution in [0.4, 0.5) is 0 Å². The summed E-state index contributed by atoms with van der Waals surface area (Å²) in [6, 6.07) is 3.68. The highest BCUT2D eigenvalue weighted by Gasteiger charge is 2.28. The predicted octanol–water partition coefficient (Wildman–Crippen LogP) is 0.905. The lowest BCUT2D eigenvalue weighted by Crippen LogP contribution is -2.38. The van der Waals surface area contributed by atoms with E-state index in [1.54, 1.807) is 18.3 Å². The van der Waals surface area contributed by atoms with Crippen molar-refractivity contribution in [1.82, 2.24) is 10.3 Å². The number of H-pyrrole nitrogens is 1. The zero-order valence-electron chi connectivity index (χ0n) is 8.57. The Hall–Kier alpha value is -1.29. The zero-order chi connectivity index (χ0) is 10.7. The molecule has 82 valence electrons. The number of hydrogen-bond donors (Lipinski definition) is 3. The standard InChI is InChI=1S/C11H16N2O2/c14-7-8-3-1-4-9(8)13-11(15)10-5-2-6-12-10/h2,5-6,8-9,12,14H,1,3-4,7H2,(H,13,15). The van der Waals surface area contributed by atoms with Crippen LogP contribution >= 0.6 is 0 Å². The molecule has 3 N–H and O–H groups in total. The Morgan fingerprint density at radius 2 is 2.47 bits per heavy atom. The Kier molecular flexibility index (Phi) is 3.06. The van der Waals surface area contributed by atoms with Gasteiger partial charge in [0, 0.05) is 24.8 Å². The number of aliphatic hydroxyl groups excluding tert-OH is 1. The first-order valence-electron chi connectivity index (χ1n) is 5.36. The number of carbonyl (C=O) groups excluding carboxylic acids is 1. The monoisotopic (exact) mass is 208 g/mol. The first kappa shape index (κ1) is 10.2. The van der Waals surface area contributed by atoms with E-state index in [1.807, 2.05) is 0 Å². The molecule has 1 heterocycles. The first-order valence-corrected chi connectivity index (χ1v) is 5.36. The van der Waals surface area contributed by atoms with Crippen LogP contribution in [0.15, 0.2) is 18.3 Å². The summed E-state index contributed by atoms with van der Waals surface area (Å²) in [4.78, 5) is 14.6. The number of rotatable bonds is 3. The van der Waals surface area contributed by atoms with Gasteiger partial charge in [-0.25, -0.2) is 0 Å². The van der Waals surface area contributed by atoms with E-state index in [-0.39, 0.29) is 24.5 Å². The molecule has 0 radical (unpaired) electrons. The third-order valence-corrected chi connectivity index (χ3v) is 3.05. The van der Waals surface area contributed by atoms with Gasteiger partial charge < -0.3 is 15.4 Å². The van der Waals surface area contributed by atoms with Crippen LogP contribution in [0.1, 0.15) is 29.8 Å². The molecular weight excluding hydrogens is 192 g/mol. The van der Waals surface area contributed by atoms with Gasteiger partial charge in [-0.2, -0.15) is 0 Å². The number of hydrogen-bond acceptors (Lipinski definition) is 2. The van der Waals surface area contributed by atoms with Gasteiger partial charge in [-0.15, -0.1) is 0 Å². The molecule has 0 bridgehead atoms. The number of aliphatic hydroxyl groups is 1. The van der Waals surface area contributed by atoms with E-state index >= 15 is 0 Å². The number of aromatic nitrogens is 1. The van der Waals surface area contributed by atoms with Gasteiger partial charge in [-0.1, -0.05) is 6.42 Å². The Morgan fingerprint density at radius 3 is 3.13 bits per heavy atom. The highest BCUT2D eigenvalue weighted by Crippen LogP contribution is 2.25. The van der Waals surface area contributed by atoms with Gasteiger partial charge in [-0.3, -0.25) is 4.79 Å². The van der Waals surface area contributed by atoms with E-state index in [1.165, 1.54) is 0 Å². The largest absolute Gasteiger partial charge is 0.396 e. The quantitative estimate of drug-likeness (QED) is 0.691. The van der Waals surface area contributed by atoms with Crippen molar-refractivity contribution < 1.29 is 9.90 Å². The fraction of sp³-hybridized carbons (Fsp3) is 0.545. The van der Waals surface area contributed by atoms with Gasteiger partial charge in [0.25, 0.3) is 5.91 Å². The SMILES string of the molecule is O=C(NC1CCCC1CO)c1ccc[nH]1. The van der Waals surface area contributed by atoms with Crippen LogP contribution in [-0.2, 0) is 0 Å². The van der Waals surface area contributed by atoms with Gasteiger partial charge >= 0.3 is 0 Å². The second-order valence-electron chi connectivity index (χ2n) is 4.04. The van der Waals surface area contributed by atoms with E-state index in [0.717, 1.165) is 19.3 Å². The van der Waals surface area contributed by atoms with Gasteiger partial charge in [0.15, 0.2) is 0 Å². The van der Waals surface area contributed by atoms with Crippen LogP contribution < -0.4 is 5.32 Å². The summed E-state index contributed by atoms with van der Waals surface area (Å²) in [6.07, 6.45) is 4.79. The molecular formula is C11H16N2O2. The van der Waals surface area contributed by atoms with Crippen LogP contribution in [0.5, 0.6) is 0 Å². The minimum atomic E-state index is -0.0784. The maximum Gasteiger partial charge on any atom is 0.267 e. The van der Waals surface area contributed by atoms with Crippen molar-refractivity contribution in [2.24, 2.45) is 5.92 Å². The van der Waals surface area contributed by atoms with Crippen molar-refractivity contribution in [3.8, 4) is 0 Å². The molecule has 0 saturated heterocycles. The molecule has 1 aromatic rings. The van der Waals surface area contributed by atoms with Crippen LogP contribution in [0.2, 0.25) is 0 Å². The topological polar surface area (TPSA) is 65.1 Å². The fourth-order valence-electron chi connectivity index (χ4n) is 2.16. The van der Waals surface area contributed by atoms with Crippen LogP contribution in [0.3, 0.4) is 0 Å². The molecule has 1 saturated carbocycles. The van der Waals surface area contributed by atoms with Crippen molar-refractivity contribution >= 4 is 5.91 Å². The van der Waals surface area contributed by atoms with E-state index in [9.17, 15) is 4.79 Å². The summed E-state index contributed by atoms with van der Waals surface area (Å²) in [5.74, 6) is 0.147. The average Bonchev–Trinajstić information content (AvgIpc) is 2.87. The zero-order valence-corrected chi connectivity index (χ0v) is 8.57. The maximum absolute atomic E-state index is 11.7. The molecule has 1 amide bonds. The van der Waals surface area contributed by atoms with Crippen molar-refractivity contribution in [1.29, 1.82) is 0 Å². The number of carbonyl (C=O) groups is 1. The molecule has 1 aromatic heterocycles. The van der Waals surface area contributed by atoms with Crippen molar-refractivity contribution in [2.45, 2.75) is 25.3 Å². The second kappa shape index (κ2) is 4.49. The molecule has 15 heavy (non-hydrogen) atoms. The summed E-state index contributed by atoms with van der Waals surface area (Å²) < 4.78 is 0. The van der Waals surface area contributed by atoms with Crippen molar-refractivity contribution in [2.75, 3.05) is 6.61 Å². The lowest BCUT2D eigenvalue weighted by atomic mass is 10.1. The molecule has 2 atom stereocenters. The minimum absolute atomic E-state index is 0.0784. The molecule has 0 spiro atoms. The van der Waals surface area contributed by atoms with Gasteiger partial charge in [-0.05, 0) is 25.0 Å². The number of amides is 1. The van der Waals surface area contributed by atoms with Gasteiger partial charge in [0.2, 0.25) is 0 Å². The third-order valence-electron chi connectivity index (χ3n) is 3.05. The van der Waals surface area contributed by atoms with E-state index in [4.69, 9.17) is 5.11 Å². The summed E-state index contributed by atoms with van der Waals surface area (Å²) in [7, 11) is 0. The van der Waals surface area contributed by atoms with E-state index in [2.05, 4.69) is 10.3 Å². The Morgan fingerprint density at radius 1 is 1.60 bits per heavy atom. The Bertz CT molecular complexity index is 321. The maximum atomic E-state index is 11.7. The van der Waals surface area contributed by atoms with E-state index < -0.39 is 0 Å². The minimum Gasteiger partial charge on any atom is -0.396 e. The summed E-state index contributed by atoms with van der Waals surface area (Å²) >= 11 is 0. The van der Waals surface area contributed by atoms with Crippen LogP contribution in [0, 0.1) is 5.92 Å². The smallest absolute Gasteiger partial charge is 0.267 e. The highest BCUT2D eigenvalue weighted by molar-refractivity contribution is 5.92. The fourth-order valence-corrected chi connectivity index (χ4v) is 2.16. The molecule has 4 nitrogen and oxygen atoms in total. The molecule has 0 aromatic carbocycles. The summed E-state index contributed by atoms with van der Waals surface area (Å²) in [5.41, 5.74) is 0.582. The molecule has 0 aliphatic heterocycles. The van der Waals surface area contributed by atoms with Crippen LogP contribution in [0.25, 0.3) is 0 Å². The summed E-state index contributed by atoms with van der Waals surface area (Å²) in [5, 5.41) is 12.1. The second-order valence-corrected chi connectivity index (χ2v) is 4.04. The van der Waals surface area contributed by atoms with Crippen LogP contribution in [-0.4, -0.2) is 28.6 Å². The number of aromatic amines is 1. The van der Waals surface area contributed by atoms with Crippen molar-refractivity contribution in [3.05, 3.63) is 24.0 Å². The normalized spacial score (nSPS) is 25.4. The Labute approximate surface area is 88.7 Å². The summed E-state index contributed by atoms with van der Waals surface area (Å²) in [6.45, 7) is 0.162. The predicted molar refractivity (Wildman–Crippen MR) is 56.5 cm³/mol.